The molecule has 0 aromatic carbocycles. The Bertz CT molecular complexity index is 528. The van der Waals surface area contributed by atoms with Crippen LogP contribution in [0.15, 0.2) is 16.9 Å². The van der Waals surface area contributed by atoms with E-state index in [-0.39, 0.29) is 5.56 Å². The summed E-state index contributed by atoms with van der Waals surface area (Å²) in [6.45, 7) is 5.31. The summed E-state index contributed by atoms with van der Waals surface area (Å²) in [6.07, 6.45) is 4.17. The van der Waals surface area contributed by atoms with Crippen LogP contribution in [-0.4, -0.2) is 45.0 Å². The van der Waals surface area contributed by atoms with E-state index in [1.165, 1.54) is 0 Å². The molecule has 0 bridgehead atoms. The Morgan fingerprint density at radius 1 is 1.35 bits per heavy atom. The zero-order chi connectivity index (χ0) is 14.2. The predicted molar refractivity (Wildman–Crippen MR) is 76.6 cm³/mol. The van der Waals surface area contributed by atoms with Crippen LogP contribution in [0.5, 0.6) is 0 Å². The molecule has 1 aliphatic carbocycles. The molecule has 0 atom stereocenters. The maximum Gasteiger partial charge on any atom is 0.266 e. The van der Waals surface area contributed by atoms with Gasteiger partial charge in [0.05, 0.1) is 17.8 Å². The van der Waals surface area contributed by atoms with Gasteiger partial charge in [0.15, 0.2) is 0 Å². The summed E-state index contributed by atoms with van der Waals surface area (Å²) in [5, 5.41) is 14.6. The summed E-state index contributed by atoms with van der Waals surface area (Å²) in [4.78, 5) is 14.0. The average molecular weight is 277 g/mol. The molecule has 1 aliphatic heterocycles. The van der Waals surface area contributed by atoms with Gasteiger partial charge >= 0.3 is 0 Å². The van der Waals surface area contributed by atoms with Crippen molar-refractivity contribution >= 4 is 0 Å². The van der Waals surface area contributed by atoms with E-state index in [0.29, 0.717) is 12.5 Å². The van der Waals surface area contributed by atoms with E-state index in [1.807, 2.05) is 6.92 Å². The summed E-state index contributed by atoms with van der Waals surface area (Å²) >= 11 is 0. The third-order valence-electron chi connectivity index (χ3n) is 4.52. The summed E-state index contributed by atoms with van der Waals surface area (Å²) in [5.74, 6) is 0.479. The van der Waals surface area contributed by atoms with Gasteiger partial charge < -0.3 is 5.11 Å². The number of β-amino-alcohol motifs (C(OH)–C–C–N with tert-alkyl or cyclic N) is 1. The molecule has 0 radical (unpaired) electrons. The quantitative estimate of drug-likeness (QED) is 0.884. The molecule has 1 saturated heterocycles. The van der Waals surface area contributed by atoms with Crippen LogP contribution in [0.25, 0.3) is 0 Å². The molecule has 5 heteroatoms. The van der Waals surface area contributed by atoms with Crippen molar-refractivity contribution in [2.24, 2.45) is 5.92 Å². The Morgan fingerprint density at radius 3 is 2.75 bits per heavy atom. The second-order valence-corrected chi connectivity index (χ2v) is 6.49. The summed E-state index contributed by atoms with van der Waals surface area (Å²) < 4.78 is 1.57. The minimum absolute atomic E-state index is 0.0246. The highest BCUT2D eigenvalue weighted by atomic mass is 16.3. The van der Waals surface area contributed by atoms with Gasteiger partial charge in [-0.2, -0.15) is 5.10 Å². The molecule has 1 aromatic rings. The molecule has 0 unspecified atom stereocenters. The molecule has 110 valence electrons. The zero-order valence-corrected chi connectivity index (χ0v) is 12.1. The SMILES string of the molecule is Cc1ccc(=O)n(CC2CN(CC3(O)CCCC3)C2)n1. The van der Waals surface area contributed by atoms with Crippen LogP contribution in [0, 0.1) is 12.8 Å². The third-order valence-corrected chi connectivity index (χ3v) is 4.52. The van der Waals surface area contributed by atoms with Gasteiger partial charge in [0.25, 0.3) is 5.56 Å². The van der Waals surface area contributed by atoms with Crippen molar-refractivity contribution in [3.8, 4) is 0 Å². The maximum absolute atomic E-state index is 11.7. The largest absolute Gasteiger partial charge is 0.389 e. The number of hydrogen-bond donors (Lipinski definition) is 1. The Labute approximate surface area is 119 Å². The van der Waals surface area contributed by atoms with Gasteiger partial charge in [-0.1, -0.05) is 12.8 Å². The number of aromatic nitrogens is 2. The van der Waals surface area contributed by atoms with Crippen molar-refractivity contribution in [2.75, 3.05) is 19.6 Å². The van der Waals surface area contributed by atoms with Crippen LogP contribution in [0.3, 0.4) is 0 Å². The van der Waals surface area contributed by atoms with Crippen molar-refractivity contribution in [2.45, 2.75) is 44.8 Å². The van der Waals surface area contributed by atoms with Crippen molar-refractivity contribution in [3.05, 3.63) is 28.2 Å². The average Bonchev–Trinajstić information content (AvgIpc) is 2.78. The molecular formula is C15H23N3O2. The first-order chi connectivity index (χ1) is 9.54. The van der Waals surface area contributed by atoms with Gasteiger partial charge in [-0.15, -0.1) is 0 Å². The fourth-order valence-corrected chi connectivity index (χ4v) is 3.46. The lowest BCUT2D eigenvalue weighted by Crippen LogP contribution is -2.54. The predicted octanol–water partition coefficient (Wildman–Crippen LogP) is 0.789. The normalized spacial score (nSPS) is 22.9. The van der Waals surface area contributed by atoms with Crippen molar-refractivity contribution in [1.29, 1.82) is 0 Å². The number of aryl methyl sites for hydroxylation is 1. The van der Waals surface area contributed by atoms with E-state index in [4.69, 9.17) is 0 Å². The smallest absolute Gasteiger partial charge is 0.266 e. The van der Waals surface area contributed by atoms with Gasteiger partial charge in [-0.25, -0.2) is 4.68 Å². The molecule has 20 heavy (non-hydrogen) atoms. The molecule has 1 saturated carbocycles. The zero-order valence-electron chi connectivity index (χ0n) is 12.1. The van der Waals surface area contributed by atoms with E-state index >= 15 is 0 Å². The van der Waals surface area contributed by atoms with Gasteiger partial charge in [-0.05, 0) is 25.8 Å². The minimum Gasteiger partial charge on any atom is -0.389 e. The van der Waals surface area contributed by atoms with Crippen LogP contribution in [-0.2, 0) is 6.54 Å². The van der Waals surface area contributed by atoms with Crippen LogP contribution in [0.4, 0.5) is 0 Å². The second kappa shape index (κ2) is 5.30. The summed E-state index contributed by atoms with van der Waals surface area (Å²) in [5.41, 5.74) is 0.396. The number of rotatable bonds is 4. The van der Waals surface area contributed by atoms with Crippen molar-refractivity contribution < 1.29 is 5.11 Å². The summed E-state index contributed by atoms with van der Waals surface area (Å²) in [7, 11) is 0. The first-order valence-electron chi connectivity index (χ1n) is 7.54. The van der Waals surface area contributed by atoms with Crippen LogP contribution < -0.4 is 5.56 Å². The highest BCUT2D eigenvalue weighted by Gasteiger charge is 2.37. The molecule has 1 aromatic heterocycles. The van der Waals surface area contributed by atoms with E-state index < -0.39 is 5.60 Å². The number of aliphatic hydroxyl groups is 1. The standard InChI is InChI=1S/C15H23N3O2/c1-12-4-5-14(19)18(16-12)10-13-8-17(9-13)11-15(20)6-2-3-7-15/h4-5,13,20H,2-3,6-11H2,1H3. The number of likely N-dealkylation sites (tertiary alicyclic amines) is 1. The fourth-order valence-electron chi connectivity index (χ4n) is 3.46. The summed E-state index contributed by atoms with van der Waals surface area (Å²) in [6, 6.07) is 3.33. The van der Waals surface area contributed by atoms with Gasteiger partial charge in [0, 0.05) is 31.6 Å². The molecule has 2 fully saturated rings. The topological polar surface area (TPSA) is 58.4 Å². The Morgan fingerprint density at radius 2 is 2.05 bits per heavy atom. The molecule has 3 rings (SSSR count). The fraction of sp³-hybridized carbons (Fsp3) is 0.733. The molecule has 2 aliphatic rings. The van der Waals surface area contributed by atoms with E-state index in [0.717, 1.165) is 51.0 Å². The van der Waals surface area contributed by atoms with E-state index in [1.54, 1.807) is 16.8 Å². The lowest BCUT2D eigenvalue weighted by Gasteiger charge is -2.42. The van der Waals surface area contributed by atoms with Crippen molar-refractivity contribution in [1.82, 2.24) is 14.7 Å². The number of hydrogen-bond acceptors (Lipinski definition) is 4. The highest BCUT2D eigenvalue weighted by molar-refractivity contribution is 4.98. The third kappa shape index (κ3) is 2.94. The maximum atomic E-state index is 11.7. The Balaban J connectivity index is 1.51. The first kappa shape index (κ1) is 13.8. The Kier molecular flexibility index (Phi) is 3.65. The van der Waals surface area contributed by atoms with Crippen LogP contribution in [0.1, 0.15) is 31.4 Å². The molecule has 2 heterocycles. The highest BCUT2D eigenvalue weighted by Crippen LogP contribution is 2.32. The second-order valence-electron chi connectivity index (χ2n) is 6.49. The number of nitrogens with zero attached hydrogens (tertiary/aromatic N) is 3. The first-order valence-corrected chi connectivity index (χ1v) is 7.54. The van der Waals surface area contributed by atoms with E-state index in [9.17, 15) is 9.90 Å². The molecule has 1 N–H and O–H groups in total. The molecular weight excluding hydrogens is 254 g/mol. The van der Waals surface area contributed by atoms with Gasteiger partial charge in [0.2, 0.25) is 0 Å². The van der Waals surface area contributed by atoms with E-state index in [2.05, 4.69) is 10.00 Å². The lowest BCUT2D eigenvalue weighted by molar-refractivity contribution is -0.0303. The molecule has 0 spiro atoms. The molecule has 0 amide bonds. The molecule has 5 nitrogen and oxygen atoms in total. The minimum atomic E-state index is -0.455. The van der Waals surface area contributed by atoms with Crippen molar-refractivity contribution in [3.63, 3.8) is 0 Å². The van der Waals surface area contributed by atoms with Gasteiger partial charge in [0.1, 0.15) is 0 Å². The van der Waals surface area contributed by atoms with Gasteiger partial charge in [-0.3, -0.25) is 9.69 Å². The van der Waals surface area contributed by atoms with Crippen LogP contribution in [0.2, 0.25) is 0 Å². The lowest BCUT2D eigenvalue weighted by atomic mass is 9.95. The Hall–Kier alpha value is -1.20. The van der Waals surface area contributed by atoms with Crippen LogP contribution >= 0.6 is 0 Å². The monoisotopic (exact) mass is 277 g/mol.